The Hall–Kier alpha value is -2.70. The smallest absolute Gasteiger partial charge is 0.229 e. The molecular weight excluding hydrogens is 496 g/mol. The highest BCUT2D eigenvalue weighted by Crippen LogP contribution is 2.28. The van der Waals surface area contributed by atoms with Gasteiger partial charge in [0.05, 0.1) is 14.8 Å². The lowest BCUT2D eigenvalue weighted by Gasteiger charge is -2.32. The molecule has 0 aliphatic carbocycles. The molecule has 9 heteroatoms. The van der Waals surface area contributed by atoms with Crippen LogP contribution in [0.1, 0.15) is 17.3 Å². The molecule has 2 aromatic carbocycles. The summed E-state index contributed by atoms with van der Waals surface area (Å²) < 4.78 is 0. The van der Waals surface area contributed by atoms with Crippen LogP contribution < -0.4 is 4.90 Å². The van der Waals surface area contributed by atoms with Crippen LogP contribution in [0.15, 0.2) is 58.7 Å². The molecule has 3 heterocycles. The maximum atomic E-state index is 6.02. The molecule has 0 bridgehead atoms. The molecule has 6 nitrogen and oxygen atoms in total. The second-order valence-electron chi connectivity index (χ2n) is 8.36. The summed E-state index contributed by atoms with van der Waals surface area (Å²) in [5.74, 6) is 1.59. The lowest BCUT2D eigenvalue weighted by Crippen LogP contribution is -2.45. The molecule has 35 heavy (non-hydrogen) atoms. The van der Waals surface area contributed by atoms with E-state index in [1.807, 2.05) is 48.7 Å². The minimum Gasteiger partial charge on any atom is -0.338 e. The number of thiazole rings is 1. The van der Waals surface area contributed by atoms with Gasteiger partial charge in [-0.15, -0.1) is 11.3 Å². The van der Waals surface area contributed by atoms with Crippen molar-refractivity contribution in [2.75, 3.05) is 38.1 Å². The summed E-state index contributed by atoms with van der Waals surface area (Å²) >= 11 is 9.25. The zero-order valence-electron chi connectivity index (χ0n) is 19.4. The van der Waals surface area contributed by atoms with E-state index in [9.17, 15) is 0 Å². The Labute approximate surface area is 219 Å². The van der Waals surface area contributed by atoms with Crippen molar-refractivity contribution < 1.29 is 0 Å². The Bertz CT molecular complexity index is 1240. The second kappa shape index (κ2) is 11.4. The lowest BCUT2D eigenvalue weighted by atomic mass is 10.2. The van der Waals surface area contributed by atoms with Crippen molar-refractivity contribution in [3.05, 3.63) is 76.6 Å². The van der Waals surface area contributed by atoms with Gasteiger partial charge in [0.2, 0.25) is 5.95 Å². The van der Waals surface area contributed by atoms with Gasteiger partial charge in [-0.2, -0.15) is 9.97 Å². The van der Waals surface area contributed by atoms with Gasteiger partial charge >= 0.3 is 0 Å². The average Bonchev–Trinajstić information content (AvgIpc) is 3.34. The molecule has 178 valence electrons. The van der Waals surface area contributed by atoms with Gasteiger partial charge in [0.1, 0.15) is 5.82 Å². The number of piperazine rings is 1. The predicted octanol–water partition coefficient (Wildman–Crippen LogP) is 5.33. The molecule has 1 aliphatic rings. The largest absolute Gasteiger partial charge is 0.338 e. The van der Waals surface area contributed by atoms with Gasteiger partial charge in [-0.3, -0.25) is 0 Å². The van der Waals surface area contributed by atoms with E-state index in [0.29, 0.717) is 5.16 Å². The molecule has 4 aromatic rings. The zero-order valence-corrected chi connectivity index (χ0v) is 21.8. The fourth-order valence-electron chi connectivity index (χ4n) is 3.76. The molecule has 0 unspecified atom stereocenters. The van der Waals surface area contributed by atoms with Crippen LogP contribution in [0.3, 0.4) is 0 Å². The topological polar surface area (TPSA) is 58.0 Å². The van der Waals surface area contributed by atoms with Crippen LogP contribution in [0.4, 0.5) is 5.95 Å². The molecule has 0 N–H and O–H groups in total. The van der Waals surface area contributed by atoms with Crippen molar-refractivity contribution in [3.63, 3.8) is 0 Å². The minimum atomic E-state index is 0.707. The minimum absolute atomic E-state index is 0.707. The molecule has 0 atom stereocenters. The van der Waals surface area contributed by atoms with Gasteiger partial charge in [-0.1, -0.05) is 41.9 Å². The predicted molar refractivity (Wildman–Crippen MR) is 142 cm³/mol. The molecule has 0 radical (unpaired) electrons. The first-order chi connectivity index (χ1) is 17.1. The van der Waals surface area contributed by atoms with Gasteiger partial charge < -0.3 is 9.80 Å². The fraction of sp³-hybridized carbons (Fsp3) is 0.308. The van der Waals surface area contributed by atoms with Crippen LogP contribution in [-0.4, -0.2) is 58.1 Å². The van der Waals surface area contributed by atoms with E-state index in [1.165, 1.54) is 11.8 Å². The first-order valence-electron chi connectivity index (χ1n) is 11.6. The van der Waals surface area contributed by atoms with Crippen molar-refractivity contribution in [1.29, 1.82) is 0 Å². The van der Waals surface area contributed by atoms with E-state index in [1.54, 1.807) is 11.3 Å². The van der Waals surface area contributed by atoms with Gasteiger partial charge in [0, 0.05) is 43.8 Å². The number of aromatic nitrogens is 4. The van der Waals surface area contributed by atoms with Gasteiger partial charge in [-0.05, 0) is 61.5 Å². The monoisotopic (exact) mass is 520 g/mol. The van der Waals surface area contributed by atoms with Crippen LogP contribution in [0.25, 0.3) is 10.4 Å². The summed E-state index contributed by atoms with van der Waals surface area (Å²) in [6.45, 7) is 3.85. The number of rotatable bonds is 8. The molecule has 0 spiro atoms. The fourth-order valence-corrected chi connectivity index (χ4v) is 5.58. The number of anilines is 1. The summed E-state index contributed by atoms with van der Waals surface area (Å²) in [6, 6.07) is 19.8. The summed E-state index contributed by atoms with van der Waals surface area (Å²) in [5, 5.41) is 2.57. The highest BCUT2D eigenvalue weighted by atomic mass is 35.5. The Morgan fingerprint density at radius 2 is 1.86 bits per heavy atom. The molecule has 0 amide bonds. The van der Waals surface area contributed by atoms with Crippen molar-refractivity contribution in [2.24, 2.45) is 0 Å². The van der Waals surface area contributed by atoms with Crippen molar-refractivity contribution in [3.8, 4) is 10.4 Å². The Morgan fingerprint density at radius 1 is 1.03 bits per heavy atom. The van der Waals surface area contributed by atoms with E-state index >= 15 is 0 Å². The van der Waals surface area contributed by atoms with E-state index in [2.05, 4.69) is 34.0 Å². The van der Waals surface area contributed by atoms with Crippen LogP contribution >= 0.6 is 34.7 Å². The summed E-state index contributed by atoms with van der Waals surface area (Å²) in [7, 11) is 2.15. The maximum absolute atomic E-state index is 6.02. The standard InChI is InChI=1S/C26H25ClN6S2/c1-32-14-16-33(17-15-32)25-29-23(30-26(31-25)34-21-6-3-2-4-7-21)8-5-9-24-28-18-22(35-24)19-10-12-20(27)13-11-19/h2-3,6,10-13,18H,5,8-9,14-17H2,1H3. The van der Waals surface area contributed by atoms with E-state index < -0.39 is 0 Å². The SMILES string of the molecule is CN1CCN(c2nc(CCCc3ncc(-c4ccc(Cl)cc4)s3)nc(Sc3c#cccc3)n2)CC1. The zero-order chi connectivity index (χ0) is 24.0. The second-order valence-corrected chi connectivity index (χ2v) is 10.9. The number of likely N-dealkylation sites (N-methyl/N-ethyl adjacent to an activating group) is 1. The molecular formula is C26H25ClN6S2. The maximum Gasteiger partial charge on any atom is 0.229 e. The van der Waals surface area contributed by atoms with Crippen LogP contribution in [0.5, 0.6) is 0 Å². The number of halogens is 1. The number of benzene rings is 1. The first kappa shape index (κ1) is 24.0. The molecule has 0 saturated carbocycles. The highest BCUT2D eigenvalue weighted by molar-refractivity contribution is 7.99. The van der Waals surface area contributed by atoms with Gasteiger partial charge in [0.15, 0.2) is 5.16 Å². The molecule has 1 aliphatic heterocycles. The third-order valence-electron chi connectivity index (χ3n) is 5.73. The molecule has 2 aromatic heterocycles. The highest BCUT2D eigenvalue weighted by Gasteiger charge is 2.19. The number of nitrogens with zero attached hydrogens (tertiary/aromatic N) is 6. The third kappa shape index (κ3) is 6.50. The van der Waals surface area contributed by atoms with E-state index in [4.69, 9.17) is 26.6 Å². The first-order valence-corrected chi connectivity index (χ1v) is 13.6. The van der Waals surface area contributed by atoms with Crippen molar-refractivity contribution >= 4 is 40.6 Å². The average molecular weight is 521 g/mol. The number of hydrogen-bond acceptors (Lipinski definition) is 8. The summed E-state index contributed by atoms with van der Waals surface area (Å²) in [4.78, 5) is 25.7. The van der Waals surface area contributed by atoms with Crippen LogP contribution in [0, 0.1) is 12.1 Å². The Balaban J connectivity index is 1.28. The van der Waals surface area contributed by atoms with Crippen molar-refractivity contribution in [1.82, 2.24) is 24.8 Å². The third-order valence-corrected chi connectivity index (χ3v) is 7.91. The summed E-state index contributed by atoms with van der Waals surface area (Å²) in [6.07, 6.45) is 4.53. The quantitative estimate of drug-likeness (QED) is 0.311. The van der Waals surface area contributed by atoms with Crippen molar-refractivity contribution in [2.45, 2.75) is 29.3 Å². The molecule has 1 saturated heterocycles. The van der Waals surface area contributed by atoms with Crippen LogP contribution in [0.2, 0.25) is 5.02 Å². The molecule has 5 rings (SSSR count). The normalized spacial score (nSPS) is 14.2. The Morgan fingerprint density at radius 3 is 2.63 bits per heavy atom. The lowest BCUT2D eigenvalue weighted by molar-refractivity contribution is 0.310. The van der Waals surface area contributed by atoms with E-state index in [-0.39, 0.29) is 0 Å². The van der Waals surface area contributed by atoms with E-state index in [0.717, 1.165) is 82.6 Å². The molecule has 1 fully saturated rings. The van der Waals surface area contributed by atoms with Crippen LogP contribution in [-0.2, 0) is 12.8 Å². The summed E-state index contributed by atoms with van der Waals surface area (Å²) in [5.41, 5.74) is 1.14. The Kier molecular flexibility index (Phi) is 7.79. The van der Waals surface area contributed by atoms with Gasteiger partial charge in [-0.25, -0.2) is 9.97 Å². The van der Waals surface area contributed by atoms with Gasteiger partial charge in [0.25, 0.3) is 0 Å². The number of hydrogen-bond donors (Lipinski definition) is 0. The number of aryl methyl sites for hydroxylation is 2.